The summed E-state index contributed by atoms with van der Waals surface area (Å²) in [5.74, 6) is 0.170. The molecule has 0 saturated carbocycles. The van der Waals surface area contributed by atoms with Crippen LogP contribution in [0.1, 0.15) is 12.8 Å². The summed E-state index contributed by atoms with van der Waals surface area (Å²) < 4.78 is 0. The molecule has 1 fully saturated rings. The van der Waals surface area contributed by atoms with Crippen molar-refractivity contribution in [3.05, 3.63) is 28.4 Å². The molecule has 0 atom stereocenters. The molecule has 1 aromatic rings. The van der Waals surface area contributed by atoms with Crippen molar-refractivity contribution in [2.24, 2.45) is 22.4 Å². The Morgan fingerprint density at radius 2 is 2.05 bits per heavy atom. The Bertz CT molecular complexity index is 563. The Balaban J connectivity index is 2.01. The average molecular weight is 292 g/mol. The van der Waals surface area contributed by atoms with Crippen LogP contribution in [0, 0.1) is 16.0 Å². The van der Waals surface area contributed by atoms with Crippen LogP contribution in [0.2, 0.25) is 0 Å². The van der Waals surface area contributed by atoms with E-state index in [0.29, 0.717) is 31.7 Å². The fraction of sp³-hybridized carbons (Fsp3) is 0.417. The number of amides is 1. The van der Waals surface area contributed by atoms with Gasteiger partial charge in [0.15, 0.2) is 11.8 Å². The van der Waals surface area contributed by atoms with E-state index in [4.69, 9.17) is 11.5 Å². The molecule has 0 spiro atoms. The van der Waals surface area contributed by atoms with Crippen LogP contribution >= 0.6 is 0 Å². The first kappa shape index (κ1) is 14.7. The molecule has 1 aliphatic rings. The Hall–Kier alpha value is -2.71. The van der Waals surface area contributed by atoms with Crippen LogP contribution in [0.5, 0.6) is 0 Å². The lowest BCUT2D eigenvalue weighted by Gasteiger charge is -2.31. The SMILES string of the molecule is NC(=O)C1CCN(C(N)=Nc2ccc([N+](=O)[O-])cn2)CC1. The van der Waals surface area contributed by atoms with E-state index in [0.717, 1.165) is 6.20 Å². The zero-order valence-electron chi connectivity index (χ0n) is 11.3. The molecule has 9 heteroatoms. The number of nitrogens with zero attached hydrogens (tertiary/aromatic N) is 4. The van der Waals surface area contributed by atoms with Gasteiger partial charge in [-0.2, -0.15) is 4.99 Å². The van der Waals surface area contributed by atoms with Crippen LogP contribution in [0.15, 0.2) is 23.3 Å². The van der Waals surface area contributed by atoms with Gasteiger partial charge in [-0.3, -0.25) is 14.9 Å². The zero-order chi connectivity index (χ0) is 15.4. The average Bonchev–Trinajstić information content (AvgIpc) is 2.47. The second kappa shape index (κ2) is 6.16. The van der Waals surface area contributed by atoms with E-state index in [1.807, 2.05) is 4.90 Å². The number of carbonyl (C=O) groups is 1. The number of aliphatic imine (C=N–C) groups is 1. The summed E-state index contributed by atoms with van der Waals surface area (Å²) in [5, 5.41) is 10.5. The Morgan fingerprint density at radius 1 is 1.38 bits per heavy atom. The van der Waals surface area contributed by atoms with Gasteiger partial charge in [-0.25, -0.2) is 4.98 Å². The maximum Gasteiger partial charge on any atom is 0.287 e. The number of rotatable bonds is 3. The quantitative estimate of drug-likeness (QED) is 0.351. The molecule has 0 unspecified atom stereocenters. The highest BCUT2D eigenvalue weighted by atomic mass is 16.6. The van der Waals surface area contributed by atoms with Crippen molar-refractivity contribution < 1.29 is 9.72 Å². The van der Waals surface area contributed by atoms with E-state index >= 15 is 0 Å². The van der Waals surface area contributed by atoms with Crippen LogP contribution in [-0.4, -0.2) is 39.8 Å². The number of likely N-dealkylation sites (tertiary alicyclic amines) is 1. The van der Waals surface area contributed by atoms with Crippen molar-refractivity contribution in [3.8, 4) is 0 Å². The van der Waals surface area contributed by atoms with Gasteiger partial charge in [0.2, 0.25) is 5.91 Å². The molecule has 21 heavy (non-hydrogen) atoms. The van der Waals surface area contributed by atoms with E-state index in [1.54, 1.807) is 0 Å². The lowest BCUT2D eigenvalue weighted by atomic mass is 9.96. The van der Waals surface area contributed by atoms with E-state index in [9.17, 15) is 14.9 Å². The molecule has 0 aliphatic carbocycles. The number of aromatic nitrogens is 1. The number of hydrogen-bond acceptors (Lipinski definition) is 5. The fourth-order valence-corrected chi connectivity index (χ4v) is 2.13. The third-order valence-corrected chi connectivity index (χ3v) is 3.39. The topological polar surface area (TPSA) is 141 Å². The molecule has 1 aromatic heterocycles. The van der Waals surface area contributed by atoms with Crippen LogP contribution in [0.3, 0.4) is 0 Å². The number of pyridine rings is 1. The minimum absolute atomic E-state index is 0.102. The summed E-state index contributed by atoms with van der Waals surface area (Å²) in [6.07, 6.45) is 2.41. The number of primary amides is 1. The first-order chi connectivity index (χ1) is 9.97. The molecule has 2 heterocycles. The maximum absolute atomic E-state index is 11.1. The van der Waals surface area contributed by atoms with Crippen LogP contribution < -0.4 is 11.5 Å². The second-order valence-corrected chi connectivity index (χ2v) is 4.77. The Morgan fingerprint density at radius 3 is 2.52 bits per heavy atom. The maximum atomic E-state index is 11.1. The predicted molar refractivity (Wildman–Crippen MR) is 75.7 cm³/mol. The van der Waals surface area contributed by atoms with Gasteiger partial charge in [0.25, 0.3) is 5.69 Å². The second-order valence-electron chi connectivity index (χ2n) is 4.77. The summed E-state index contributed by atoms with van der Waals surface area (Å²) >= 11 is 0. The van der Waals surface area contributed by atoms with Crippen molar-refractivity contribution in [1.82, 2.24) is 9.88 Å². The molecule has 0 bridgehead atoms. The van der Waals surface area contributed by atoms with Gasteiger partial charge in [-0.15, -0.1) is 0 Å². The highest BCUT2D eigenvalue weighted by Gasteiger charge is 2.24. The molecule has 0 aromatic carbocycles. The van der Waals surface area contributed by atoms with Crippen LogP contribution in [0.4, 0.5) is 11.5 Å². The first-order valence-electron chi connectivity index (χ1n) is 6.46. The monoisotopic (exact) mass is 292 g/mol. The van der Waals surface area contributed by atoms with Crippen molar-refractivity contribution in [2.45, 2.75) is 12.8 Å². The first-order valence-corrected chi connectivity index (χ1v) is 6.46. The van der Waals surface area contributed by atoms with Crippen molar-refractivity contribution in [3.63, 3.8) is 0 Å². The largest absolute Gasteiger partial charge is 0.369 e. The molecule has 112 valence electrons. The molecular weight excluding hydrogens is 276 g/mol. The Labute approximate surface area is 120 Å². The lowest BCUT2D eigenvalue weighted by molar-refractivity contribution is -0.385. The van der Waals surface area contributed by atoms with Gasteiger partial charge in [0.1, 0.15) is 6.20 Å². The molecule has 1 amide bonds. The van der Waals surface area contributed by atoms with E-state index in [-0.39, 0.29) is 23.5 Å². The smallest absolute Gasteiger partial charge is 0.287 e. The fourth-order valence-electron chi connectivity index (χ4n) is 2.13. The van der Waals surface area contributed by atoms with Gasteiger partial charge >= 0.3 is 0 Å². The minimum atomic E-state index is -0.529. The van der Waals surface area contributed by atoms with Gasteiger partial charge in [-0.05, 0) is 18.9 Å². The predicted octanol–water partition coefficient (Wildman–Crippen LogP) is 0.133. The standard InChI is InChI=1S/C12H16N6O3/c13-11(19)8-3-5-17(6-4-8)12(14)16-10-2-1-9(7-15-10)18(20)21/h1-2,7-8H,3-6H2,(H2,13,19)(H2,14,15,16). The van der Waals surface area contributed by atoms with Gasteiger partial charge in [0, 0.05) is 25.1 Å². The highest BCUT2D eigenvalue weighted by Crippen LogP contribution is 2.18. The third kappa shape index (κ3) is 3.65. The molecule has 0 radical (unpaired) electrons. The number of carbonyl (C=O) groups excluding carboxylic acids is 1. The molecule has 2 rings (SSSR count). The highest BCUT2D eigenvalue weighted by molar-refractivity contribution is 5.81. The zero-order valence-corrected chi connectivity index (χ0v) is 11.3. The van der Waals surface area contributed by atoms with E-state index < -0.39 is 4.92 Å². The number of nitrogens with two attached hydrogens (primary N) is 2. The van der Waals surface area contributed by atoms with Crippen LogP contribution in [0.25, 0.3) is 0 Å². The molecule has 9 nitrogen and oxygen atoms in total. The number of hydrogen-bond donors (Lipinski definition) is 2. The third-order valence-electron chi connectivity index (χ3n) is 3.39. The molecular formula is C12H16N6O3. The molecule has 1 aliphatic heterocycles. The van der Waals surface area contributed by atoms with Crippen LogP contribution in [-0.2, 0) is 4.79 Å². The van der Waals surface area contributed by atoms with Gasteiger partial charge in [-0.1, -0.05) is 0 Å². The summed E-state index contributed by atoms with van der Waals surface area (Å²) in [6.45, 7) is 1.19. The van der Waals surface area contributed by atoms with E-state index in [2.05, 4.69) is 9.98 Å². The van der Waals surface area contributed by atoms with Crippen molar-refractivity contribution >= 4 is 23.4 Å². The Kier molecular flexibility index (Phi) is 4.31. The number of piperidine rings is 1. The van der Waals surface area contributed by atoms with Crippen molar-refractivity contribution in [1.29, 1.82) is 0 Å². The minimum Gasteiger partial charge on any atom is -0.369 e. The number of nitro groups is 1. The molecule has 1 saturated heterocycles. The van der Waals surface area contributed by atoms with E-state index in [1.165, 1.54) is 12.1 Å². The van der Waals surface area contributed by atoms with Gasteiger partial charge in [0.05, 0.1) is 4.92 Å². The summed E-state index contributed by atoms with van der Waals surface area (Å²) in [6, 6.07) is 2.75. The van der Waals surface area contributed by atoms with Gasteiger partial charge < -0.3 is 16.4 Å². The lowest BCUT2D eigenvalue weighted by Crippen LogP contribution is -2.44. The number of guanidine groups is 1. The molecule has 4 N–H and O–H groups in total. The summed E-state index contributed by atoms with van der Waals surface area (Å²) in [4.78, 5) is 30.9. The summed E-state index contributed by atoms with van der Waals surface area (Å²) in [7, 11) is 0. The van der Waals surface area contributed by atoms with Crippen molar-refractivity contribution in [2.75, 3.05) is 13.1 Å². The summed E-state index contributed by atoms with van der Waals surface area (Å²) in [5.41, 5.74) is 11.1. The normalized spacial score (nSPS) is 16.8.